The third kappa shape index (κ3) is 4.25. The van der Waals surface area contributed by atoms with E-state index in [1.54, 1.807) is 6.26 Å². The predicted octanol–water partition coefficient (Wildman–Crippen LogP) is 2.26. The molecule has 3 heterocycles. The van der Waals surface area contributed by atoms with Gasteiger partial charge in [0.15, 0.2) is 0 Å². The summed E-state index contributed by atoms with van der Waals surface area (Å²) < 4.78 is 5.62. The third-order valence-electron chi connectivity index (χ3n) is 5.03. The number of carbonyl (C=O) groups excluding carboxylic acids is 1. The highest BCUT2D eigenvalue weighted by Crippen LogP contribution is 2.29. The summed E-state index contributed by atoms with van der Waals surface area (Å²) in [6.07, 6.45) is 3.60. The Morgan fingerprint density at radius 1 is 1.11 bits per heavy atom. The maximum atomic E-state index is 12.9. The number of nitrogens with one attached hydrogen (secondary N) is 1. The molecule has 4 rings (SSSR count). The molecule has 0 aliphatic carbocycles. The molecule has 7 heteroatoms. The van der Waals surface area contributed by atoms with E-state index in [1.807, 2.05) is 35.2 Å². The van der Waals surface area contributed by atoms with Crippen molar-refractivity contribution in [2.45, 2.75) is 18.9 Å². The molecule has 2 aromatic heterocycles. The van der Waals surface area contributed by atoms with Gasteiger partial charge in [-0.15, -0.1) is 0 Å². The molecule has 1 unspecified atom stereocenters. The van der Waals surface area contributed by atoms with Crippen molar-refractivity contribution < 1.29 is 9.21 Å². The second kappa shape index (κ2) is 8.18. The number of aromatic amines is 1. The molecular formula is C20H23N5O2. The Labute approximate surface area is 158 Å². The smallest absolute Gasteiger partial charge is 0.223 e. The van der Waals surface area contributed by atoms with Crippen LogP contribution in [0.15, 0.2) is 59.5 Å². The Bertz CT molecular complexity index is 825. The molecule has 1 aromatic carbocycles. The Morgan fingerprint density at radius 3 is 2.59 bits per heavy atom. The number of rotatable bonds is 6. The number of nitrogens with zero attached hydrogens (tertiary/aromatic N) is 4. The largest absolute Gasteiger partial charge is 0.469 e. The van der Waals surface area contributed by atoms with Crippen LogP contribution in [0.25, 0.3) is 0 Å². The van der Waals surface area contributed by atoms with Crippen molar-refractivity contribution in [1.82, 2.24) is 25.0 Å². The van der Waals surface area contributed by atoms with Gasteiger partial charge in [-0.05, 0) is 17.7 Å². The minimum Gasteiger partial charge on any atom is -0.469 e. The summed E-state index contributed by atoms with van der Waals surface area (Å²) in [5.41, 5.74) is 1.10. The average molecular weight is 365 g/mol. The van der Waals surface area contributed by atoms with E-state index in [2.05, 4.69) is 32.2 Å². The van der Waals surface area contributed by atoms with Gasteiger partial charge in [0, 0.05) is 32.6 Å². The van der Waals surface area contributed by atoms with Gasteiger partial charge in [0.1, 0.15) is 17.9 Å². The van der Waals surface area contributed by atoms with Gasteiger partial charge in [-0.25, -0.2) is 4.98 Å². The molecule has 3 aromatic rings. The summed E-state index contributed by atoms with van der Waals surface area (Å²) in [6.45, 7) is 3.87. The van der Waals surface area contributed by atoms with Crippen LogP contribution in [0.2, 0.25) is 0 Å². The van der Waals surface area contributed by atoms with Crippen molar-refractivity contribution >= 4 is 5.91 Å². The zero-order chi connectivity index (χ0) is 18.5. The first-order valence-electron chi connectivity index (χ1n) is 9.22. The topological polar surface area (TPSA) is 78.3 Å². The molecule has 0 radical (unpaired) electrons. The fourth-order valence-electron chi connectivity index (χ4n) is 3.54. The van der Waals surface area contributed by atoms with Crippen LogP contribution in [-0.2, 0) is 11.3 Å². The van der Waals surface area contributed by atoms with Crippen LogP contribution >= 0.6 is 0 Å². The molecule has 1 amide bonds. The van der Waals surface area contributed by atoms with Crippen molar-refractivity contribution in [2.24, 2.45) is 0 Å². The van der Waals surface area contributed by atoms with Crippen LogP contribution in [0.5, 0.6) is 0 Å². The van der Waals surface area contributed by atoms with E-state index in [4.69, 9.17) is 4.42 Å². The molecule has 140 valence electrons. The van der Waals surface area contributed by atoms with Crippen molar-refractivity contribution in [2.75, 3.05) is 26.2 Å². The molecule has 1 atom stereocenters. The molecule has 0 saturated carbocycles. The number of carbonyl (C=O) groups is 1. The lowest BCUT2D eigenvalue weighted by Crippen LogP contribution is -2.48. The van der Waals surface area contributed by atoms with E-state index < -0.39 is 0 Å². The third-order valence-corrected chi connectivity index (χ3v) is 5.03. The van der Waals surface area contributed by atoms with Crippen LogP contribution in [0.1, 0.15) is 29.5 Å². The molecule has 1 N–H and O–H groups in total. The normalized spacial score (nSPS) is 16.4. The van der Waals surface area contributed by atoms with E-state index in [1.165, 1.54) is 6.33 Å². The Morgan fingerprint density at radius 2 is 1.93 bits per heavy atom. The van der Waals surface area contributed by atoms with Crippen molar-refractivity contribution in [1.29, 1.82) is 0 Å². The molecule has 1 aliphatic heterocycles. The van der Waals surface area contributed by atoms with Gasteiger partial charge in [0.05, 0.1) is 18.7 Å². The standard InChI is InChI=1S/C20H23N5O2/c26-20(25-10-8-24(9-11-25)14-19-21-15-22-23-19)13-17(18-7-4-12-27-18)16-5-2-1-3-6-16/h1-7,12,15,17H,8-11,13-14H2,(H,21,22,23). The fraction of sp³-hybridized carbons (Fsp3) is 0.350. The number of hydrogen-bond donors (Lipinski definition) is 1. The highest BCUT2D eigenvalue weighted by Gasteiger charge is 2.26. The summed E-state index contributed by atoms with van der Waals surface area (Å²) in [7, 11) is 0. The number of amides is 1. The van der Waals surface area contributed by atoms with Crippen LogP contribution in [0.3, 0.4) is 0 Å². The molecule has 1 fully saturated rings. The van der Waals surface area contributed by atoms with E-state index >= 15 is 0 Å². The van der Waals surface area contributed by atoms with Crippen molar-refractivity contribution in [3.05, 3.63) is 72.2 Å². The first-order valence-corrected chi connectivity index (χ1v) is 9.22. The SMILES string of the molecule is O=C(CC(c1ccccc1)c1ccco1)N1CCN(Cc2ncn[nH]2)CC1. The number of aromatic nitrogens is 3. The van der Waals surface area contributed by atoms with Gasteiger partial charge in [0.25, 0.3) is 0 Å². The summed E-state index contributed by atoms with van der Waals surface area (Å²) in [5, 5.41) is 6.77. The van der Waals surface area contributed by atoms with E-state index in [0.29, 0.717) is 6.42 Å². The fourth-order valence-corrected chi connectivity index (χ4v) is 3.54. The minimum absolute atomic E-state index is 0.0547. The van der Waals surface area contributed by atoms with Gasteiger partial charge in [-0.3, -0.25) is 14.8 Å². The Kier molecular flexibility index (Phi) is 5.29. The van der Waals surface area contributed by atoms with Crippen LogP contribution in [0, 0.1) is 0 Å². The number of benzene rings is 1. The zero-order valence-corrected chi connectivity index (χ0v) is 15.1. The quantitative estimate of drug-likeness (QED) is 0.725. The molecule has 0 bridgehead atoms. The van der Waals surface area contributed by atoms with E-state index in [0.717, 1.165) is 49.9 Å². The zero-order valence-electron chi connectivity index (χ0n) is 15.1. The summed E-state index contributed by atoms with van der Waals surface area (Å²) >= 11 is 0. The first kappa shape index (κ1) is 17.5. The lowest BCUT2D eigenvalue weighted by Gasteiger charge is -2.34. The Hall–Kier alpha value is -2.93. The van der Waals surface area contributed by atoms with Gasteiger partial charge in [-0.1, -0.05) is 30.3 Å². The monoisotopic (exact) mass is 365 g/mol. The Balaban J connectivity index is 1.37. The average Bonchev–Trinajstić information content (AvgIpc) is 3.41. The van der Waals surface area contributed by atoms with Crippen LogP contribution in [0.4, 0.5) is 0 Å². The summed E-state index contributed by atoms with van der Waals surface area (Å²) in [6, 6.07) is 13.9. The molecule has 7 nitrogen and oxygen atoms in total. The van der Waals surface area contributed by atoms with Crippen LogP contribution in [-0.4, -0.2) is 57.1 Å². The molecular weight excluding hydrogens is 342 g/mol. The second-order valence-corrected chi connectivity index (χ2v) is 6.77. The molecule has 27 heavy (non-hydrogen) atoms. The highest BCUT2D eigenvalue weighted by atomic mass is 16.3. The predicted molar refractivity (Wildman–Crippen MR) is 99.8 cm³/mol. The van der Waals surface area contributed by atoms with Gasteiger partial charge >= 0.3 is 0 Å². The minimum atomic E-state index is -0.0547. The second-order valence-electron chi connectivity index (χ2n) is 6.77. The first-order chi connectivity index (χ1) is 13.3. The lowest BCUT2D eigenvalue weighted by molar-refractivity contribution is -0.133. The van der Waals surface area contributed by atoms with Crippen molar-refractivity contribution in [3.8, 4) is 0 Å². The number of hydrogen-bond acceptors (Lipinski definition) is 5. The van der Waals surface area contributed by atoms with Crippen LogP contribution < -0.4 is 0 Å². The number of H-pyrrole nitrogens is 1. The molecule has 0 spiro atoms. The van der Waals surface area contributed by atoms with Gasteiger partial charge in [-0.2, -0.15) is 5.10 Å². The summed E-state index contributed by atoms with van der Waals surface area (Å²) in [4.78, 5) is 21.3. The lowest BCUT2D eigenvalue weighted by atomic mass is 9.92. The van der Waals surface area contributed by atoms with E-state index in [-0.39, 0.29) is 11.8 Å². The number of furan rings is 1. The molecule has 1 aliphatic rings. The van der Waals surface area contributed by atoms with Crippen molar-refractivity contribution in [3.63, 3.8) is 0 Å². The number of piperazine rings is 1. The van der Waals surface area contributed by atoms with Gasteiger partial charge < -0.3 is 9.32 Å². The maximum absolute atomic E-state index is 12.9. The van der Waals surface area contributed by atoms with E-state index in [9.17, 15) is 4.79 Å². The van der Waals surface area contributed by atoms with Gasteiger partial charge in [0.2, 0.25) is 5.91 Å². The highest BCUT2D eigenvalue weighted by molar-refractivity contribution is 5.77. The summed E-state index contributed by atoms with van der Waals surface area (Å²) in [5.74, 6) is 1.80. The maximum Gasteiger partial charge on any atom is 0.223 e. The molecule has 1 saturated heterocycles.